The number of aromatic nitrogens is 3. The maximum absolute atomic E-state index is 12.1. The van der Waals surface area contributed by atoms with Crippen LogP contribution in [0.2, 0.25) is 0 Å². The summed E-state index contributed by atoms with van der Waals surface area (Å²) in [4.78, 5) is 14.0. The average molecular weight is 296 g/mol. The minimum Gasteiger partial charge on any atom is -0.335 e. The molecule has 0 atom stereocenters. The molecule has 0 unspecified atom stereocenters. The Morgan fingerprint density at radius 1 is 1.20 bits per heavy atom. The lowest BCUT2D eigenvalue weighted by Gasteiger charge is -2.20. The van der Waals surface area contributed by atoms with E-state index in [0.29, 0.717) is 13.0 Å². The van der Waals surface area contributed by atoms with Crippen LogP contribution in [0.3, 0.4) is 0 Å². The molecular weight excluding hydrogens is 272 g/mol. The minimum atomic E-state index is 0.260. The quantitative estimate of drug-likeness (QED) is 0.757. The van der Waals surface area contributed by atoms with E-state index in [0.717, 1.165) is 55.5 Å². The number of amides is 1. The molecule has 0 radical (unpaired) electrons. The Balaban J connectivity index is 2.07. The van der Waals surface area contributed by atoms with Crippen molar-refractivity contribution in [3.05, 3.63) is 5.82 Å². The van der Waals surface area contributed by atoms with Gasteiger partial charge in [0.1, 0.15) is 0 Å². The fourth-order valence-corrected chi connectivity index (χ4v) is 3.31. The largest absolute Gasteiger partial charge is 0.335 e. The van der Waals surface area contributed by atoms with E-state index in [2.05, 4.69) is 28.6 Å². The zero-order chi connectivity index (χ0) is 14.4. The van der Waals surface area contributed by atoms with Crippen LogP contribution in [0, 0.1) is 0 Å². The van der Waals surface area contributed by atoms with Gasteiger partial charge >= 0.3 is 0 Å². The summed E-state index contributed by atoms with van der Waals surface area (Å²) in [7, 11) is 0. The zero-order valence-corrected chi connectivity index (χ0v) is 13.3. The van der Waals surface area contributed by atoms with Gasteiger partial charge in [0, 0.05) is 25.3 Å². The number of likely N-dealkylation sites (tertiary alicyclic amines) is 1. The van der Waals surface area contributed by atoms with E-state index in [1.807, 2.05) is 4.90 Å². The Bertz CT molecular complexity index is 446. The van der Waals surface area contributed by atoms with Crippen LogP contribution in [0.15, 0.2) is 5.16 Å². The first kappa shape index (κ1) is 15.4. The van der Waals surface area contributed by atoms with Gasteiger partial charge in [-0.05, 0) is 26.2 Å². The predicted octanol–water partition coefficient (Wildman–Crippen LogP) is 2.70. The number of thioether (sulfide) groups is 1. The van der Waals surface area contributed by atoms with Crippen LogP contribution in [0.1, 0.15) is 51.8 Å². The SMILES string of the molecule is CCCSc1nnc(CN2CCCCCC2=O)n1CC. The Kier molecular flexibility index (Phi) is 5.88. The Morgan fingerprint density at radius 3 is 2.80 bits per heavy atom. The van der Waals surface area contributed by atoms with Crippen LogP contribution < -0.4 is 0 Å². The third-order valence-electron chi connectivity index (χ3n) is 3.55. The van der Waals surface area contributed by atoms with Gasteiger partial charge < -0.3 is 9.47 Å². The van der Waals surface area contributed by atoms with Crippen molar-refractivity contribution in [1.82, 2.24) is 19.7 Å². The molecule has 0 aliphatic carbocycles. The molecule has 1 aromatic rings. The fourth-order valence-electron chi connectivity index (χ4n) is 2.43. The first-order valence-corrected chi connectivity index (χ1v) is 8.57. The van der Waals surface area contributed by atoms with Crippen molar-refractivity contribution < 1.29 is 4.79 Å². The van der Waals surface area contributed by atoms with Crippen LogP contribution in [0.5, 0.6) is 0 Å². The lowest BCUT2D eigenvalue weighted by Crippen LogP contribution is -2.31. The van der Waals surface area contributed by atoms with E-state index in [1.165, 1.54) is 0 Å². The number of carbonyl (C=O) groups is 1. The van der Waals surface area contributed by atoms with Gasteiger partial charge in [-0.25, -0.2) is 0 Å². The summed E-state index contributed by atoms with van der Waals surface area (Å²) >= 11 is 1.75. The van der Waals surface area contributed by atoms with E-state index < -0.39 is 0 Å². The van der Waals surface area contributed by atoms with Gasteiger partial charge in [0.05, 0.1) is 6.54 Å². The summed E-state index contributed by atoms with van der Waals surface area (Å²) in [5, 5.41) is 9.55. The monoisotopic (exact) mass is 296 g/mol. The summed E-state index contributed by atoms with van der Waals surface area (Å²) in [6.07, 6.45) is 5.08. The highest BCUT2D eigenvalue weighted by Gasteiger charge is 2.20. The summed E-state index contributed by atoms with van der Waals surface area (Å²) in [6, 6.07) is 0. The number of hydrogen-bond donors (Lipinski definition) is 0. The standard InChI is InChI=1S/C14H24N4OS/c1-3-10-20-14-16-15-12(18(14)4-2)11-17-9-7-5-6-8-13(17)19/h3-11H2,1-2H3. The number of rotatable bonds is 6. The molecule has 0 N–H and O–H groups in total. The van der Waals surface area contributed by atoms with E-state index in [-0.39, 0.29) is 5.91 Å². The summed E-state index contributed by atoms with van der Waals surface area (Å²) in [6.45, 7) is 6.58. The minimum absolute atomic E-state index is 0.260. The molecule has 0 bridgehead atoms. The van der Waals surface area contributed by atoms with Gasteiger partial charge in [-0.1, -0.05) is 25.1 Å². The van der Waals surface area contributed by atoms with Crippen LogP contribution in [0.4, 0.5) is 0 Å². The van der Waals surface area contributed by atoms with E-state index >= 15 is 0 Å². The second-order valence-electron chi connectivity index (χ2n) is 5.12. The van der Waals surface area contributed by atoms with E-state index in [1.54, 1.807) is 11.8 Å². The van der Waals surface area contributed by atoms with Crippen LogP contribution in [0.25, 0.3) is 0 Å². The topological polar surface area (TPSA) is 51.0 Å². The van der Waals surface area contributed by atoms with Crippen LogP contribution in [-0.4, -0.2) is 37.9 Å². The average Bonchev–Trinajstić information content (AvgIpc) is 2.73. The highest BCUT2D eigenvalue weighted by molar-refractivity contribution is 7.99. The molecule has 1 aliphatic rings. The fraction of sp³-hybridized carbons (Fsp3) is 0.786. The lowest BCUT2D eigenvalue weighted by atomic mass is 10.2. The van der Waals surface area contributed by atoms with Crippen molar-refractivity contribution in [1.29, 1.82) is 0 Å². The Labute approximate surface area is 125 Å². The maximum Gasteiger partial charge on any atom is 0.222 e. The Hall–Kier alpha value is -1.04. The lowest BCUT2D eigenvalue weighted by molar-refractivity contribution is -0.131. The third-order valence-corrected chi connectivity index (χ3v) is 4.72. The normalized spacial score (nSPS) is 16.5. The van der Waals surface area contributed by atoms with Crippen LogP contribution >= 0.6 is 11.8 Å². The summed E-state index contributed by atoms with van der Waals surface area (Å²) in [5.74, 6) is 2.23. The highest BCUT2D eigenvalue weighted by atomic mass is 32.2. The Morgan fingerprint density at radius 2 is 2.05 bits per heavy atom. The molecule has 1 fully saturated rings. The molecule has 1 saturated heterocycles. The molecule has 5 nitrogen and oxygen atoms in total. The predicted molar refractivity (Wildman–Crippen MR) is 80.6 cm³/mol. The molecule has 112 valence electrons. The zero-order valence-electron chi connectivity index (χ0n) is 12.5. The summed E-state index contributed by atoms with van der Waals surface area (Å²) < 4.78 is 2.14. The molecule has 1 aliphatic heterocycles. The number of nitrogens with zero attached hydrogens (tertiary/aromatic N) is 4. The molecule has 0 aromatic carbocycles. The third kappa shape index (κ3) is 3.75. The van der Waals surface area contributed by atoms with Gasteiger partial charge in [-0.3, -0.25) is 4.79 Å². The molecule has 0 saturated carbocycles. The van der Waals surface area contributed by atoms with Gasteiger partial charge in [-0.2, -0.15) is 0 Å². The second-order valence-corrected chi connectivity index (χ2v) is 6.18. The summed E-state index contributed by atoms with van der Waals surface area (Å²) in [5.41, 5.74) is 0. The smallest absolute Gasteiger partial charge is 0.222 e. The maximum atomic E-state index is 12.1. The van der Waals surface area contributed by atoms with Crippen molar-refractivity contribution in [2.75, 3.05) is 12.3 Å². The number of carbonyl (C=O) groups excluding carboxylic acids is 1. The number of hydrogen-bond acceptors (Lipinski definition) is 4. The molecule has 2 heterocycles. The van der Waals surface area contributed by atoms with Crippen molar-refractivity contribution in [3.8, 4) is 0 Å². The van der Waals surface area contributed by atoms with Crippen LogP contribution in [-0.2, 0) is 17.9 Å². The molecule has 0 spiro atoms. The first-order valence-electron chi connectivity index (χ1n) is 7.58. The van der Waals surface area contributed by atoms with Crippen molar-refractivity contribution in [2.45, 2.75) is 64.2 Å². The second kappa shape index (κ2) is 7.67. The molecule has 2 rings (SSSR count). The molecule has 20 heavy (non-hydrogen) atoms. The van der Waals surface area contributed by atoms with Crippen molar-refractivity contribution in [2.24, 2.45) is 0 Å². The van der Waals surface area contributed by atoms with Crippen molar-refractivity contribution in [3.63, 3.8) is 0 Å². The van der Waals surface area contributed by atoms with E-state index in [9.17, 15) is 4.79 Å². The molecule has 6 heteroatoms. The van der Waals surface area contributed by atoms with Gasteiger partial charge in [-0.15, -0.1) is 10.2 Å². The van der Waals surface area contributed by atoms with E-state index in [4.69, 9.17) is 0 Å². The van der Waals surface area contributed by atoms with Gasteiger partial charge in [0.2, 0.25) is 5.91 Å². The molecule has 1 amide bonds. The van der Waals surface area contributed by atoms with Crippen molar-refractivity contribution >= 4 is 17.7 Å². The molecule has 1 aromatic heterocycles. The van der Waals surface area contributed by atoms with Gasteiger partial charge in [0.15, 0.2) is 11.0 Å². The molecular formula is C14H24N4OS. The highest BCUT2D eigenvalue weighted by Crippen LogP contribution is 2.20. The first-order chi connectivity index (χ1) is 9.76. The van der Waals surface area contributed by atoms with Gasteiger partial charge in [0.25, 0.3) is 0 Å².